The van der Waals surface area contributed by atoms with Crippen LogP contribution in [0.25, 0.3) is 0 Å². The molecule has 0 atom stereocenters. The van der Waals surface area contributed by atoms with E-state index in [4.69, 9.17) is 5.73 Å². The minimum atomic E-state index is -0.753. The number of hydrogen-bond acceptors (Lipinski definition) is 6. The molecule has 8 nitrogen and oxygen atoms in total. The number of carbonyl (C=O) groups is 1. The highest BCUT2D eigenvalue weighted by Crippen LogP contribution is 2.17. The number of aromatic nitrogens is 3. The van der Waals surface area contributed by atoms with E-state index >= 15 is 0 Å². The molecule has 9 heteroatoms. The summed E-state index contributed by atoms with van der Waals surface area (Å²) >= 11 is 1.15. The standard InChI is InChI=1S/C11H9N5O3S/c12-3-1-2-6-5-13-11(20-6)16-9(18)7-4-8(17)15-10(19)14-7/h4-5H,3,12H2,(H,13,16,18)(H2,14,15,17,19). The number of aromatic amines is 2. The van der Waals surface area contributed by atoms with Gasteiger partial charge in [-0.2, -0.15) is 0 Å². The number of rotatable bonds is 2. The van der Waals surface area contributed by atoms with Crippen molar-refractivity contribution in [3.05, 3.63) is 43.7 Å². The predicted molar refractivity (Wildman–Crippen MR) is 73.7 cm³/mol. The van der Waals surface area contributed by atoms with E-state index in [0.717, 1.165) is 17.4 Å². The van der Waals surface area contributed by atoms with E-state index < -0.39 is 17.2 Å². The summed E-state index contributed by atoms with van der Waals surface area (Å²) in [5, 5.41) is 2.76. The van der Waals surface area contributed by atoms with Crippen molar-refractivity contribution in [3.8, 4) is 11.8 Å². The maximum Gasteiger partial charge on any atom is 0.326 e. The maximum absolute atomic E-state index is 11.8. The van der Waals surface area contributed by atoms with Gasteiger partial charge in [0.25, 0.3) is 11.5 Å². The number of nitrogens with two attached hydrogens (primary N) is 1. The van der Waals surface area contributed by atoms with Crippen LogP contribution >= 0.6 is 11.3 Å². The fraction of sp³-hybridized carbons (Fsp3) is 0.0909. The monoisotopic (exact) mass is 291 g/mol. The molecule has 0 fully saturated rings. The molecular formula is C11H9N5O3S. The molecule has 2 rings (SSSR count). The lowest BCUT2D eigenvalue weighted by atomic mass is 10.4. The molecule has 0 saturated heterocycles. The van der Waals surface area contributed by atoms with Gasteiger partial charge >= 0.3 is 5.69 Å². The Kier molecular flexibility index (Phi) is 4.09. The summed E-state index contributed by atoms with van der Waals surface area (Å²) in [7, 11) is 0. The van der Waals surface area contributed by atoms with E-state index in [2.05, 4.69) is 27.1 Å². The number of H-pyrrole nitrogens is 2. The third-order valence-electron chi connectivity index (χ3n) is 2.04. The van der Waals surface area contributed by atoms with Gasteiger partial charge in [-0.1, -0.05) is 23.2 Å². The van der Waals surface area contributed by atoms with E-state index in [-0.39, 0.29) is 12.2 Å². The van der Waals surface area contributed by atoms with Crippen molar-refractivity contribution in [2.45, 2.75) is 0 Å². The van der Waals surface area contributed by atoms with E-state index in [0.29, 0.717) is 10.0 Å². The van der Waals surface area contributed by atoms with Gasteiger partial charge in [-0.3, -0.25) is 19.9 Å². The van der Waals surface area contributed by atoms with E-state index in [1.54, 1.807) is 0 Å². The highest BCUT2D eigenvalue weighted by molar-refractivity contribution is 7.16. The van der Waals surface area contributed by atoms with Crippen molar-refractivity contribution in [1.29, 1.82) is 0 Å². The average Bonchev–Trinajstić information content (AvgIpc) is 2.82. The van der Waals surface area contributed by atoms with Crippen molar-refractivity contribution >= 4 is 22.4 Å². The number of hydrogen-bond donors (Lipinski definition) is 4. The van der Waals surface area contributed by atoms with Crippen molar-refractivity contribution in [1.82, 2.24) is 15.0 Å². The van der Waals surface area contributed by atoms with Gasteiger partial charge in [0.15, 0.2) is 5.13 Å². The summed E-state index contributed by atoms with van der Waals surface area (Å²) in [4.78, 5) is 42.7. The van der Waals surface area contributed by atoms with Gasteiger partial charge in [-0.15, -0.1) is 0 Å². The van der Waals surface area contributed by atoms with Crippen molar-refractivity contribution in [3.63, 3.8) is 0 Å². The topological polar surface area (TPSA) is 134 Å². The zero-order valence-electron chi connectivity index (χ0n) is 10.0. The minimum Gasteiger partial charge on any atom is -0.320 e. The van der Waals surface area contributed by atoms with Gasteiger partial charge in [0.1, 0.15) is 5.69 Å². The molecule has 0 radical (unpaired) electrons. The van der Waals surface area contributed by atoms with E-state index in [1.807, 2.05) is 4.98 Å². The Morgan fingerprint density at radius 2 is 2.25 bits per heavy atom. The Bertz CT molecular complexity index is 779. The summed E-state index contributed by atoms with van der Waals surface area (Å²) in [6.45, 7) is 0.230. The van der Waals surface area contributed by atoms with Crippen LogP contribution in [0.1, 0.15) is 15.4 Å². The maximum atomic E-state index is 11.8. The molecule has 0 aromatic carbocycles. The Labute approximate surface area is 116 Å². The Balaban J connectivity index is 2.17. The summed E-state index contributed by atoms with van der Waals surface area (Å²) in [5.41, 5.74) is 3.68. The molecule has 0 spiro atoms. The molecule has 5 N–H and O–H groups in total. The molecule has 0 aliphatic rings. The number of nitrogens with one attached hydrogen (secondary N) is 3. The second-order valence-electron chi connectivity index (χ2n) is 3.49. The number of carbonyl (C=O) groups excluding carboxylic acids is 1. The lowest BCUT2D eigenvalue weighted by Gasteiger charge is -1.99. The van der Waals surface area contributed by atoms with Gasteiger partial charge in [0, 0.05) is 6.07 Å². The van der Waals surface area contributed by atoms with Crippen LogP contribution in [0, 0.1) is 11.8 Å². The molecule has 0 unspecified atom stereocenters. The smallest absolute Gasteiger partial charge is 0.320 e. The van der Waals surface area contributed by atoms with Crippen LogP contribution in [0.15, 0.2) is 21.9 Å². The van der Waals surface area contributed by atoms with Crippen molar-refractivity contribution < 1.29 is 4.79 Å². The highest BCUT2D eigenvalue weighted by Gasteiger charge is 2.10. The van der Waals surface area contributed by atoms with Gasteiger partial charge in [-0.25, -0.2) is 9.78 Å². The molecule has 2 aromatic rings. The number of thiazole rings is 1. The van der Waals surface area contributed by atoms with Crippen molar-refractivity contribution in [2.24, 2.45) is 5.73 Å². The van der Waals surface area contributed by atoms with Crippen LogP contribution in [0.3, 0.4) is 0 Å². The first-order chi connectivity index (χ1) is 9.58. The Morgan fingerprint density at radius 1 is 1.45 bits per heavy atom. The Hall–Kier alpha value is -2.70. The quantitative estimate of drug-likeness (QED) is 0.531. The third-order valence-corrected chi connectivity index (χ3v) is 2.87. The second kappa shape index (κ2) is 5.96. The third kappa shape index (κ3) is 3.41. The molecule has 2 aromatic heterocycles. The SMILES string of the molecule is NCC#Cc1cnc(NC(=O)c2cc(=O)[nH]c(=O)[nH]2)s1. The largest absolute Gasteiger partial charge is 0.326 e. The fourth-order valence-corrected chi connectivity index (χ4v) is 1.97. The first kappa shape index (κ1) is 13.7. The molecular weight excluding hydrogens is 282 g/mol. The van der Waals surface area contributed by atoms with Crippen LogP contribution in [0.2, 0.25) is 0 Å². The fourth-order valence-electron chi connectivity index (χ4n) is 1.28. The first-order valence-corrected chi connectivity index (χ1v) is 6.20. The highest BCUT2D eigenvalue weighted by atomic mass is 32.1. The van der Waals surface area contributed by atoms with E-state index in [9.17, 15) is 14.4 Å². The summed E-state index contributed by atoms with van der Waals surface area (Å²) in [5.74, 6) is 4.80. The molecule has 102 valence electrons. The molecule has 1 amide bonds. The number of anilines is 1. The number of amides is 1. The molecule has 0 bridgehead atoms. The van der Waals surface area contributed by atoms with E-state index in [1.165, 1.54) is 6.20 Å². The zero-order chi connectivity index (χ0) is 14.5. The second-order valence-corrected chi connectivity index (χ2v) is 4.52. The van der Waals surface area contributed by atoms with Crippen LogP contribution in [0.5, 0.6) is 0 Å². The van der Waals surface area contributed by atoms with Gasteiger partial charge < -0.3 is 10.7 Å². The van der Waals surface area contributed by atoms with Crippen LogP contribution < -0.4 is 22.3 Å². The zero-order valence-corrected chi connectivity index (χ0v) is 10.8. The average molecular weight is 291 g/mol. The van der Waals surface area contributed by atoms with Crippen LogP contribution in [-0.4, -0.2) is 27.4 Å². The minimum absolute atomic E-state index is 0.149. The first-order valence-electron chi connectivity index (χ1n) is 5.38. The van der Waals surface area contributed by atoms with Gasteiger partial charge in [-0.05, 0) is 0 Å². The molecule has 0 saturated carbocycles. The molecule has 2 heterocycles. The predicted octanol–water partition coefficient (Wildman–Crippen LogP) is -0.918. The lowest BCUT2D eigenvalue weighted by molar-refractivity contribution is 0.102. The normalized spacial score (nSPS) is 9.65. The number of nitrogens with zero attached hydrogens (tertiary/aromatic N) is 1. The van der Waals surface area contributed by atoms with Gasteiger partial charge in [0.2, 0.25) is 0 Å². The van der Waals surface area contributed by atoms with Crippen LogP contribution in [-0.2, 0) is 0 Å². The molecule has 20 heavy (non-hydrogen) atoms. The molecule has 0 aliphatic carbocycles. The van der Waals surface area contributed by atoms with Crippen LogP contribution in [0.4, 0.5) is 5.13 Å². The summed E-state index contributed by atoms with van der Waals surface area (Å²) in [6, 6.07) is 0.986. The summed E-state index contributed by atoms with van der Waals surface area (Å²) in [6.07, 6.45) is 1.49. The van der Waals surface area contributed by atoms with Crippen molar-refractivity contribution in [2.75, 3.05) is 11.9 Å². The van der Waals surface area contributed by atoms with Gasteiger partial charge in [0.05, 0.1) is 17.6 Å². The molecule has 0 aliphatic heterocycles. The summed E-state index contributed by atoms with van der Waals surface area (Å²) < 4.78 is 0. The Morgan fingerprint density at radius 3 is 2.95 bits per heavy atom. The lowest BCUT2D eigenvalue weighted by Crippen LogP contribution is -2.27.